The van der Waals surface area contributed by atoms with Gasteiger partial charge >= 0.3 is 6.61 Å². The van der Waals surface area contributed by atoms with Crippen molar-refractivity contribution in [2.24, 2.45) is 5.73 Å². The largest absolute Gasteiger partial charge is 0.435 e. The van der Waals surface area contributed by atoms with Gasteiger partial charge in [-0.2, -0.15) is 8.78 Å². The minimum atomic E-state index is -2.77. The molecule has 0 aliphatic heterocycles. The van der Waals surface area contributed by atoms with Crippen molar-refractivity contribution in [3.05, 3.63) is 29.8 Å². The van der Waals surface area contributed by atoms with Crippen LogP contribution in [0, 0.1) is 0 Å². The summed E-state index contributed by atoms with van der Waals surface area (Å²) in [5.74, 6) is 0.181. The van der Waals surface area contributed by atoms with Crippen LogP contribution in [-0.4, -0.2) is 13.2 Å². The van der Waals surface area contributed by atoms with E-state index < -0.39 is 6.61 Å². The lowest BCUT2D eigenvalue weighted by Gasteiger charge is -2.05. The number of ether oxygens (including phenoxy) is 1. The fourth-order valence-corrected chi connectivity index (χ4v) is 1.04. The standard InChI is InChI=1S/C9H11F2NO.ClH/c10-9(11)13-8-3-1-2-7(6-8)4-5-12;/h1-3,6,9H,4-5,12H2;1H. The van der Waals surface area contributed by atoms with Crippen molar-refractivity contribution >= 4 is 12.4 Å². The van der Waals surface area contributed by atoms with Crippen LogP contribution in [0.3, 0.4) is 0 Å². The molecule has 0 aliphatic carbocycles. The summed E-state index contributed by atoms with van der Waals surface area (Å²) in [5.41, 5.74) is 6.23. The molecule has 80 valence electrons. The number of rotatable bonds is 4. The Morgan fingerprint density at radius 3 is 2.64 bits per heavy atom. The maximum absolute atomic E-state index is 11.8. The van der Waals surface area contributed by atoms with Crippen molar-refractivity contribution in [2.75, 3.05) is 6.54 Å². The SMILES string of the molecule is Cl.NCCc1cccc(OC(F)F)c1. The van der Waals surface area contributed by atoms with E-state index in [0.29, 0.717) is 13.0 Å². The van der Waals surface area contributed by atoms with Crippen LogP contribution in [0.25, 0.3) is 0 Å². The Morgan fingerprint density at radius 2 is 2.07 bits per heavy atom. The highest BCUT2D eigenvalue weighted by atomic mass is 35.5. The summed E-state index contributed by atoms with van der Waals surface area (Å²) in [6.45, 7) is -2.27. The second-order valence-corrected chi connectivity index (χ2v) is 2.56. The molecule has 0 radical (unpaired) electrons. The predicted octanol–water partition coefficient (Wildman–Crippen LogP) is 2.21. The van der Waals surface area contributed by atoms with Crippen molar-refractivity contribution in [1.29, 1.82) is 0 Å². The van der Waals surface area contributed by atoms with Gasteiger partial charge in [0, 0.05) is 0 Å². The monoisotopic (exact) mass is 223 g/mol. The first-order chi connectivity index (χ1) is 6.22. The maximum atomic E-state index is 11.8. The lowest BCUT2D eigenvalue weighted by atomic mass is 10.1. The van der Waals surface area contributed by atoms with Crippen LogP contribution in [-0.2, 0) is 6.42 Å². The predicted molar refractivity (Wildman–Crippen MR) is 53.1 cm³/mol. The van der Waals surface area contributed by atoms with Crippen LogP contribution in [0.15, 0.2) is 24.3 Å². The highest BCUT2D eigenvalue weighted by Crippen LogP contribution is 2.15. The van der Waals surface area contributed by atoms with Gasteiger partial charge in [-0.1, -0.05) is 12.1 Å². The van der Waals surface area contributed by atoms with E-state index in [1.807, 2.05) is 6.07 Å². The van der Waals surface area contributed by atoms with Gasteiger partial charge in [0.25, 0.3) is 0 Å². The lowest BCUT2D eigenvalue weighted by Crippen LogP contribution is -2.04. The zero-order chi connectivity index (χ0) is 9.68. The number of halogens is 3. The average molecular weight is 224 g/mol. The van der Waals surface area contributed by atoms with E-state index in [9.17, 15) is 8.78 Å². The van der Waals surface area contributed by atoms with Crippen molar-refractivity contribution < 1.29 is 13.5 Å². The Balaban J connectivity index is 0.00000169. The van der Waals surface area contributed by atoms with E-state index in [2.05, 4.69) is 4.74 Å². The van der Waals surface area contributed by atoms with Crippen LogP contribution in [0.4, 0.5) is 8.78 Å². The number of hydrogen-bond donors (Lipinski definition) is 1. The molecule has 5 heteroatoms. The number of hydrogen-bond acceptors (Lipinski definition) is 2. The Morgan fingerprint density at radius 1 is 1.36 bits per heavy atom. The first-order valence-corrected chi connectivity index (χ1v) is 3.96. The van der Waals surface area contributed by atoms with Gasteiger partial charge < -0.3 is 10.5 Å². The molecule has 1 aromatic carbocycles. The Hall–Kier alpha value is -0.870. The fraction of sp³-hybridized carbons (Fsp3) is 0.333. The van der Waals surface area contributed by atoms with Gasteiger partial charge in [-0.25, -0.2) is 0 Å². The molecule has 2 N–H and O–H groups in total. The van der Waals surface area contributed by atoms with Crippen LogP contribution in [0.5, 0.6) is 5.75 Å². The molecule has 0 atom stereocenters. The molecule has 2 nitrogen and oxygen atoms in total. The first kappa shape index (κ1) is 13.1. The zero-order valence-electron chi connectivity index (χ0n) is 7.45. The van der Waals surface area contributed by atoms with E-state index in [0.717, 1.165) is 5.56 Å². The van der Waals surface area contributed by atoms with Crippen molar-refractivity contribution in [2.45, 2.75) is 13.0 Å². The summed E-state index contributed by atoms with van der Waals surface area (Å²) >= 11 is 0. The number of benzene rings is 1. The molecule has 0 unspecified atom stereocenters. The molecular weight excluding hydrogens is 212 g/mol. The van der Waals surface area contributed by atoms with E-state index in [4.69, 9.17) is 5.73 Å². The molecule has 0 amide bonds. The molecular formula is C9H12ClF2NO. The van der Waals surface area contributed by atoms with Crippen LogP contribution in [0.1, 0.15) is 5.56 Å². The van der Waals surface area contributed by atoms with E-state index in [1.165, 1.54) is 6.07 Å². The second-order valence-electron chi connectivity index (χ2n) is 2.56. The maximum Gasteiger partial charge on any atom is 0.387 e. The Labute approximate surface area is 87.5 Å². The topological polar surface area (TPSA) is 35.2 Å². The molecule has 0 bridgehead atoms. The van der Waals surface area contributed by atoms with Crippen molar-refractivity contribution in [1.82, 2.24) is 0 Å². The van der Waals surface area contributed by atoms with Gasteiger partial charge in [-0.05, 0) is 30.7 Å². The van der Waals surface area contributed by atoms with Gasteiger partial charge in [0.2, 0.25) is 0 Å². The third-order valence-electron chi connectivity index (χ3n) is 1.56. The lowest BCUT2D eigenvalue weighted by molar-refractivity contribution is -0.0498. The summed E-state index contributed by atoms with van der Waals surface area (Å²) < 4.78 is 27.8. The molecule has 0 saturated carbocycles. The van der Waals surface area contributed by atoms with Crippen molar-refractivity contribution in [3.8, 4) is 5.75 Å². The molecule has 0 heterocycles. The van der Waals surface area contributed by atoms with E-state index in [-0.39, 0.29) is 18.2 Å². The van der Waals surface area contributed by atoms with Gasteiger partial charge in [-0.3, -0.25) is 0 Å². The van der Waals surface area contributed by atoms with Crippen LogP contribution < -0.4 is 10.5 Å². The smallest absolute Gasteiger partial charge is 0.387 e. The third-order valence-corrected chi connectivity index (χ3v) is 1.56. The zero-order valence-corrected chi connectivity index (χ0v) is 8.27. The summed E-state index contributed by atoms with van der Waals surface area (Å²) in [6.07, 6.45) is 0.667. The summed E-state index contributed by atoms with van der Waals surface area (Å²) in [6, 6.07) is 6.55. The Kier molecular flexibility index (Phi) is 6.16. The Bertz CT molecular complexity index is 271. The fourth-order valence-electron chi connectivity index (χ4n) is 1.04. The molecule has 0 aliphatic rings. The van der Waals surface area contributed by atoms with Crippen LogP contribution >= 0.6 is 12.4 Å². The van der Waals surface area contributed by atoms with Gasteiger partial charge in [0.1, 0.15) is 5.75 Å². The van der Waals surface area contributed by atoms with Gasteiger partial charge in [0.15, 0.2) is 0 Å². The van der Waals surface area contributed by atoms with Gasteiger partial charge in [-0.15, -0.1) is 12.4 Å². The molecule has 0 fully saturated rings. The minimum absolute atomic E-state index is 0. The van der Waals surface area contributed by atoms with Gasteiger partial charge in [0.05, 0.1) is 0 Å². The average Bonchev–Trinajstić information content (AvgIpc) is 2.04. The highest BCUT2D eigenvalue weighted by molar-refractivity contribution is 5.85. The number of nitrogens with two attached hydrogens (primary N) is 1. The highest BCUT2D eigenvalue weighted by Gasteiger charge is 2.03. The molecule has 1 rings (SSSR count). The summed E-state index contributed by atoms with van der Waals surface area (Å²) in [7, 11) is 0. The first-order valence-electron chi connectivity index (χ1n) is 3.96. The molecule has 14 heavy (non-hydrogen) atoms. The normalized spacial score (nSPS) is 9.71. The summed E-state index contributed by atoms with van der Waals surface area (Å²) in [4.78, 5) is 0. The minimum Gasteiger partial charge on any atom is -0.435 e. The quantitative estimate of drug-likeness (QED) is 0.850. The van der Waals surface area contributed by atoms with Crippen molar-refractivity contribution in [3.63, 3.8) is 0 Å². The molecule has 0 spiro atoms. The van der Waals surface area contributed by atoms with E-state index >= 15 is 0 Å². The molecule has 0 aromatic heterocycles. The molecule has 0 saturated heterocycles. The van der Waals surface area contributed by atoms with Crippen LogP contribution in [0.2, 0.25) is 0 Å². The third kappa shape index (κ3) is 4.39. The summed E-state index contributed by atoms with van der Waals surface area (Å²) in [5, 5.41) is 0. The van der Waals surface area contributed by atoms with E-state index in [1.54, 1.807) is 12.1 Å². The molecule has 1 aromatic rings. The number of alkyl halides is 2. The second kappa shape index (κ2) is 6.56.